The minimum absolute atomic E-state index is 0.118. The number of benzene rings is 1. The summed E-state index contributed by atoms with van der Waals surface area (Å²) in [6.07, 6.45) is 7.31. The van der Waals surface area contributed by atoms with Gasteiger partial charge in [-0.05, 0) is 18.9 Å². The largest absolute Gasteiger partial charge is 0.426 e. The Hall–Kier alpha value is -1.88. The van der Waals surface area contributed by atoms with Gasteiger partial charge >= 0.3 is 14.3 Å². The summed E-state index contributed by atoms with van der Waals surface area (Å²) in [6, 6.07) is 5.57. The van der Waals surface area contributed by atoms with Gasteiger partial charge in [-0.2, -0.15) is 0 Å². The third kappa shape index (κ3) is 6.83. The summed E-state index contributed by atoms with van der Waals surface area (Å²) >= 11 is 4.90. The Morgan fingerprint density at radius 3 is 2.93 bits per heavy atom. The third-order valence-corrected chi connectivity index (χ3v) is 5.44. The number of hydrogen-bond acceptors (Lipinski definition) is 6. The minimum Gasteiger partial charge on any atom is -0.426 e. The standard InChI is InChI=1S/C10H11BN2O2S.C9H10BO3P/c1-3-7-6-13(5-4-8(11)15-2)10(14)12-9(7)16;1-7-3-2-4-8-5-11-14(12-6-10)13-9(7)8/h1,6,8H,4-5H2,2H3,(H,12,14,16);2-4H,5-6H2,1H3/t8-;/m0./s1. The molecule has 1 aromatic carbocycles. The maximum atomic E-state index is 11.5. The van der Waals surface area contributed by atoms with Gasteiger partial charge in [0, 0.05) is 37.9 Å². The number of rotatable bonds is 6. The highest BCUT2D eigenvalue weighted by Crippen LogP contribution is 2.47. The molecule has 30 heavy (non-hydrogen) atoms. The van der Waals surface area contributed by atoms with Crippen LogP contribution in [0, 0.1) is 23.9 Å². The van der Waals surface area contributed by atoms with E-state index in [0.29, 0.717) is 25.1 Å². The molecule has 4 radical (unpaired) electrons. The van der Waals surface area contributed by atoms with E-state index < -0.39 is 14.6 Å². The molecule has 0 saturated heterocycles. The molecule has 11 heteroatoms. The lowest BCUT2D eigenvalue weighted by Gasteiger charge is -2.24. The number of nitrogens with zero attached hydrogens (tertiary/aromatic N) is 1. The lowest BCUT2D eigenvalue weighted by atomic mass is 9.97. The van der Waals surface area contributed by atoms with Crippen LogP contribution in [0.5, 0.6) is 5.75 Å². The molecule has 0 bridgehead atoms. The summed E-state index contributed by atoms with van der Waals surface area (Å²) in [5, 5.41) is 0. The number of ether oxygens (including phenoxy) is 1. The summed E-state index contributed by atoms with van der Waals surface area (Å²) in [4.78, 5) is 14.0. The van der Waals surface area contributed by atoms with E-state index in [1.165, 1.54) is 11.7 Å². The van der Waals surface area contributed by atoms with Gasteiger partial charge in [0.2, 0.25) is 0 Å². The predicted octanol–water partition coefficient (Wildman–Crippen LogP) is 2.69. The van der Waals surface area contributed by atoms with Crippen molar-refractivity contribution < 1.29 is 18.3 Å². The first-order valence-corrected chi connectivity index (χ1v) is 10.5. The van der Waals surface area contributed by atoms with Crippen molar-refractivity contribution in [1.29, 1.82) is 0 Å². The van der Waals surface area contributed by atoms with Gasteiger partial charge in [0.05, 0.1) is 12.2 Å². The van der Waals surface area contributed by atoms with Crippen molar-refractivity contribution in [3.8, 4) is 18.1 Å². The molecule has 0 saturated carbocycles. The first kappa shape index (κ1) is 24.4. The molecule has 1 aliphatic rings. The molecule has 1 unspecified atom stereocenters. The fraction of sp³-hybridized carbons (Fsp3) is 0.368. The van der Waals surface area contributed by atoms with Crippen LogP contribution in [0.25, 0.3) is 0 Å². The monoisotopic (exact) mass is 442 g/mol. The molecule has 3 rings (SSSR count). The van der Waals surface area contributed by atoms with E-state index in [1.807, 2.05) is 25.1 Å². The molecule has 1 N–H and O–H groups in total. The second-order valence-electron chi connectivity index (χ2n) is 6.15. The average Bonchev–Trinajstić information content (AvgIpc) is 2.74. The van der Waals surface area contributed by atoms with Gasteiger partial charge in [0.25, 0.3) is 0 Å². The Morgan fingerprint density at radius 1 is 1.50 bits per heavy atom. The molecule has 2 heterocycles. The highest BCUT2D eigenvalue weighted by molar-refractivity contribution is 7.71. The number of nitrogens with one attached hydrogen (secondary N) is 1. The Labute approximate surface area is 184 Å². The third-order valence-electron chi connectivity index (χ3n) is 4.09. The topological polar surface area (TPSA) is 74.7 Å². The molecule has 1 aliphatic heterocycles. The first-order chi connectivity index (χ1) is 14.4. The van der Waals surface area contributed by atoms with Crippen LogP contribution in [0.1, 0.15) is 23.1 Å². The van der Waals surface area contributed by atoms with Crippen molar-refractivity contribution in [2.75, 3.05) is 13.6 Å². The Kier molecular flexibility index (Phi) is 9.83. The Balaban J connectivity index is 0.000000215. The SMILES string of the molecule is [B]COP1OCc2cccc(C)c2O1.[B][C@H](CCn1cc(C#C)c(=S)[nH]c1=O)OC. The van der Waals surface area contributed by atoms with Crippen molar-refractivity contribution in [3.05, 3.63) is 56.2 Å². The van der Waals surface area contributed by atoms with Gasteiger partial charge in [0.1, 0.15) is 26.1 Å². The number of para-hydroxylation sites is 1. The summed E-state index contributed by atoms with van der Waals surface area (Å²) < 4.78 is 22.6. The summed E-state index contributed by atoms with van der Waals surface area (Å²) in [7, 11) is 11.0. The van der Waals surface area contributed by atoms with Crippen LogP contribution in [0.4, 0.5) is 0 Å². The van der Waals surface area contributed by atoms with Crippen LogP contribution in [0.2, 0.25) is 0 Å². The van der Waals surface area contributed by atoms with Crippen LogP contribution >= 0.6 is 20.8 Å². The van der Waals surface area contributed by atoms with Gasteiger partial charge in [-0.15, -0.1) is 6.42 Å². The van der Waals surface area contributed by atoms with Gasteiger partial charge in [0.15, 0.2) is 0 Å². The smallest absolute Gasteiger partial charge is 0.396 e. The second kappa shape index (κ2) is 12.1. The van der Waals surface area contributed by atoms with Gasteiger partial charge < -0.3 is 13.8 Å². The number of aromatic amines is 1. The van der Waals surface area contributed by atoms with Crippen LogP contribution < -0.4 is 10.2 Å². The normalized spacial score (nSPS) is 15.7. The number of aryl methyl sites for hydroxylation is 2. The maximum Gasteiger partial charge on any atom is 0.396 e. The highest BCUT2D eigenvalue weighted by Gasteiger charge is 2.23. The summed E-state index contributed by atoms with van der Waals surface area (Å²) in [6.45, 7) is 3.07. The Bertz CT molecular complexity index is 1010. The lowest BCUT2D eigenvalue weighted by Crippen LogP contribution is -2.25. The molecule has 154 valence electrons. The molecule has 0 amide bonds. The zero-order chi connectivity index (χ0) is 22.1. The molecular weight excluding hydrogens is 421 g/mol. The van der Waals surface area contributed by atoms with Gasteiger partial charge in [-0.3, -0.25) is 14.1 Å². The van der Waals surface area contributed by atoms with Crippen LogP contribution in [0.15, 0.2) is 29.2 Å². The molecule has 2 atom stereocenters. The lowest BCUT2D eigenvalue weighted by molar-refractivity contribution is 0.154. The van der Waals surface area contributed by atoms with E-state index >= 15 is 0 Å². The summed E-state index contributed by atoms with van der Waals surface area (Å²) in [5.74, 6) is 3.28. The molecule has 2 aromatic rings. The first-order valence-electron chi connectivity index (χ1n) is 9.00. The second-order valence-corrected chi connectivity index (χ2v) is 7.70. The number of aromatic nitrogens is 2. The van der Waals surface area contributed by atoms with Gasteiger partial charge in [-0.25, -0.2) is 4.79 Å². The number of fused-ring (bicyclic) bond motifs is 1. The molecule has 7 nitrogen and oxygen atoms in total. The number of terminal acetylenes is 1. The average molecular weight is 442 g/mol. The molecule has 0 fully saturated rings. The zero-order valence-electron chi connectivity index (χ0n) is 16.8. The molecule has 0 aliphatic carbocycles. The van der Waals surface area contributed by atoms with E-state index in [4.69, 9.17) is 52.6 Å². The van der Waals surface area contributed by atoms with E-state index in [1.54, 1.807) is 6.20 Å². The van der Waals surface area contributed by atoms with E-state index in [2.05, 4.69) is 10.9 Å². The van der Waals surface area contributed by atoms with Crippen molar-refractivity contribution in [3.63, 3.8) is 0 Å². The molecular formula is C19H21B2N2O5PS. The van der Waals surface area contributed by atoms with Crippen molar-refractivity contribution in [2.24, 2.45) is 0 Å². The fourth-order valence-electron chi connectivity index (χ4n) is 2.47. The van der Waals surface area contributed by atoms with Crippen LogP contribution in [-0.4, -0.2) is 44.9 Å². The quantitative estimate of drug-likeness (QED) is 0.321. The minimum atomic E-state index is -1.30. The number of H-pyrrole nitrogens is 1. The predicted molar refractivity (Wildman–Crippen MR) is 120 cm³/mol. The van der Waals surface area contributed by atoms with E-state index in [0.717, 1.165) is 16.9 Å². The zero-order valence-corrected chi connectivity index (χ0v) is 18.5. The maximum absolute atomic E-state index is 11.5. The van der Waals surface area contributed by atoms with Crippen LogP contribution in [0.3, 0.4) is 0 Å². The molecule has 0 spiro atoms. The van der Waals surface area contributed by atoms with Crippen molar-refractivity contribution in [2.45, 2.75) is 32.5 Å². The van der Waals surface area contributed by atoms with Crippen molar-refractivity contribution in [1.82, 2.24) is 9.55 Å². The van der Waals surface area contributed by atoms with E-state index in [9.17, 15) is 4.79 Å². The highest BCUT2D eigenvalue weighted by atomic mass is 32.1. The van der Waals surface area contributed by atoms with Crippen LogP contribution in [-0.2, 0) is 26.9 Å². The summed E-state index contributed by atoms with van der Waals surface area (Å²) in [5.41, 5.74) is 2.34. The fourth-order valence-corrected chi connectivity index (χ4v) is 3.62. The van der Waals surface area contributed by atoms with Gasteiger partial charge in [-0.1, -0.05) is 36.3 Å². The number of hydrogen-bond donors (Lipinski definition) is 1. The molecule has 1 aromatic heterocycles. The number of methoxy groups -OCH3 is 1. The van der Waals surface area contributed by atoms with Crippen molar-refractivity contribution >= 4 is 36.5 Å². The van der Waals surface area contributed by atoms with E-state index in [-0.39, 0.29) is 16.8 Å². The Morgan fingerprint density at radius 2 is 2.27 bits per heavy atom.